The number of thioether (sulfide) groups is 1. The Balaban J connectivity index is 1.88. The maximum atomic E-state index is 13.6. The third-order valence-electron chi connectivity index (χ3n) is 3.03. The van der Waals surface area contributed by atoms with Gasteiger partial charge in [0.2, 0.25) is 0 Å². The van der Waals surface area contributed by atoms with Crippen LogP contribution in [0.2, 0.25) is 5.15 Å². The lowest BCUT2D eigenvalue weighted by atomic mass is 10.2. The molecule has 2 aromatic carbocycles. The Hall–Kier alpha value is -1.65. The molecule has 0 N–H and O–H groups in total. The molecule has 5 heteroatoms. The molecule has 0 unspecified atom stereocenters. The summed E-state index contributed by atoms with van der Waals surface area (Å²) in [7, 11) is 0. The van der Waals surface area contributed by atoms with Gasteiger partial charge in [-0.15, -0.1) is 11.8 Å². The van der Waals surface area contributed by atoms with Crippen LogP contribution in [-0.4, -0.2) is 4.98 Å². The third-order valence-corrected chi connectivity index (χ3v) is 4.43. The fourth-order valence-electron chi connectivity index (χ4n) is 1.98. The molecule has 21 heavy (non-hydrogen) atoms. The van der Waals surface area contributed by atoms with Crippen LogP contribution in [0.3, 0.4) is 0 Å². The van der Waals surface area contributed by atoms with Gasteiger partial charge in [0, 0.05) is 21.6 Å². The van der Waals surface area contributed by atoms with Gasteiger partial charge in [0.15, 0.2) is 0 Å². The van der Waals surface area contributed by atoms with Crippen LogP contribution < -0.4 is 0 Å². The molecule has 1 aromatic heterocycles. The number of halogens is 3. The van der Waals surface area contributed by atoms with Crippen LogP contribution in [0.1, 0.15) is 5.56 Å². The first-order chi connectivity index (χ1) is 10.1. The van der Waals surface area contributed by atoms with Crippen molar-refractivity contribution >= 4 is 34.3 Å². The number of aromatic nitrogens is 1. The first kappa shape index (κ1) is 14.3. The molecular weight excluding hydrogens is 312 g/mol. The Morgan fingerprint density at radius 1 is 1.05 bits per heavy atom. The van der Waals surface area contributed by atoms with Crippen molar-refractivity contribution in [2.45, 2.75) is 10.6 Å². The summed E-state index contributed by atoms with van der Waals surface area (Å²) >= 11 is 7.35. The maximum Gasteiger partial charge on any atom is 0.136 e. The first-order valence-electron chi connectivity index (χ1n) is 6.25. The molecule has 0 radical (unpaired) electrons. The quantitative estimate of drug-likeness (QED) is 0.469. The van der Waals surface area contributed by atoms with Gasteiger partial charge >= 0.3 is 0 Å². The van der Waals surface area contributed by atoms with Gasteiger partial charge in [0.1, 0.15) is 16.8 Å². The second kappa shape index (κ2) is 6.00. The molecular formula is C16H10ClF2NS. The molecule has 0 fully saturated rings. The fraction of sp³-hybridized carbons (Fsp3) is 0.0625. The van der Waals surface area contributed by atoms with Crippen LogP contribution in [0, 0.1) is 11.6 Å². The van der Waals surface area contributed by atoms with Gasteiger partial charge in [-0.2, -0.15) is 0 Å². The largest absolute Gasteiger partial charge is 0.236 e. The monoisotopic (exact) mass is 321 g/mol. The number of para-hydroxylation sites is 1. The average Bonchev–Trinajstić information content (AvgIpc) is 2.48. The lowest BCUT2D eigenvalue weighted by molar-refractivity contribution is 0.577. The molecule has 0 aliphatic rings. The van der Waals surface area contributed by atoms with Crippen LogP contribution >= 0.6 is 23.4 Å². The number of fused-ring (bicyclic) bond motifs is 1. The molecule has 0 spiro atoms. The van der Waals surface area contributed by atoms with Crippen molar-refractivity contribution in [3.05, 3.63) is 70.9 Å². The lowest BCUT2D eigenvalue weighted by Gasteiger charge is -2.07. The van der Waals surface area contributed by atoms with E-state index in [9.17, 15) is 8.78 Å². The Morgan fingerprint density at radius 2 is 1.86 bits per heavy atom. The predicted molar refractivity (Wildman–Crippen MR) is 82.7 cm³/mol. The van der Waals surface area contributed by atoms with E-state index in [1.807, 2.05) is 30.3 Å². The zero-order chi connectivity index (χ0) is 14.8. The number of rotatable bonds is 3. The predicted octanol–water partition coefficient (Wildman–Crippen LogP) is 5.46. The number of hydrogen-bond acceptors (Lipinski definition) is 2. The summed E-state index contributed by atoms with van der Waals surface area (Å²) in [5, 5.41) is 1.36. The van der Waals surface area contributed by atoms with Crippen molar-refractivity contribution in [3.8, 4) is 0 Å². The van der Waals surface area contributed by atoms with E-state index in [0.29, 0.717) is 10.9 Å². The summed E-state index contributed by atoms with van der Waals surface area (Å²) in [6, 6.07) is 13.0. The van der Waals surface area contributed by atoms with Gasteiger partial charge in [0.05, 0.1) is 5.52 Å². The molecule has 0 atom stereocenters. The van der Waals surface area contributed by atoms with Gasteiger partial charge < -0.3 is 0 Å². The molecule has 0 saturated heterocycles. The summed E-state index contributed by atoms with van der Waals surface area (Å²) in [5.41, 5.74) is 1.61. The van der Waals surface area contributed by atoms with E-state index in [1.165, 1.54) is 17.8 Å². The van der Waals surface area contributed by atoms with E-state index in [0.717, 1.165) is 28.6 Å². The highest BCUT2D eigenvalue weighted by molar-refractivity contribution is 7.98. The molecule has 0 saturated carbocycles. The van der Waals surface area contributed by atoms with Crippen molar-refractivity contribution in [1.29, 1.82) is 0 Å². The smallest absolute Gasteiger partial charge is 0.136 e. The molecule has 0 amide bonds. The van der Waals surface area contributed by atoms with Crippen molar-refractivity contribution < 1.29 is 8.78 Å². The van der Waals surface area contributed by atoms with Gasteiger partial charge in [-0.05, 0) is 30.3 Å². The Kier molecular flexibility index (Phi) is 4.08. The molecule has 0 aliphatic carbocycles. The second-order valence-electron chi connectivity index (χ2n) is 4.49. The molecule has 1 nitrogen and oxygen atoms in total. The van der Waals surface area contributed by atoms with Crippen LogP contribution in [-0.2, 0) is 5.75 Å². The maximum absolute atomic E-state index is 13.6. The van der Waals surface area contributed by atoms with Crippen LogP contribution in [0.15, 0.2) is 53.4 Å². The minimum Gasteiger partial charge on any atom is -0.236 e. The summed E-state index contributed by atoms with van der Waals surface area (Å²) in [5.74, 6) is -0.468. The van der Waals surface area contributed by atoms with Crippen molar-refractivity contribution in [2.24, 2.45) is 0 Å². The fourth-order valence-corrected chi connectivity index (χ4v) is 3.21. The Bertz CT molecular complexity index is 807. The van der Waals surface area contributed by atoms with Crippen LogP contribution in [0.4, 0.5) is 8.78 Å². The number of nitrogens with zero attached hydrogens (tertiary/aromatic N) is 1. The second-order valence-corrected chi connectivity index (χ2v) is 5.87. The summed E-state index contributed by atoms with van der Waals surface area (Å²) in [6.07, 6.45) is 0. The summed E-state index contributed by atoms with van der Waals surface area (Å²) in [6.45, 7) is 0. The minimum atomic E-state index is -0.457. The van der Waals surface area contributed by atoms with Gasteiger partial charge in [-0.1, -0.05) is 29.8 Å². The normalized spacial score (nSPS) is 11.0. The van der Waals surface area contributed by atoms with Crippen molar-refractivity contribution in [1.82, 2.24) is 4.98 Å². The SMILES string of the molecule is Fc1ccc(F)c(SCc2cc3ccccc3nc2Cl)c1. The molecule has 0 bridgehead atoms. The van der Waals surface area contributed by atoms with Gasteiger partial charge in [0.25, 0.3) is 0 Å². The first-order valence-corrected chi connectivity index (χ1v) is 7.62. The van der Waals surface area contributed by atoms with Gasteiger partial charge in [-0.25, -0.2) is 13.8 Å². The van der Waals surface area contributed by atoms with E-state index < -0.39 is 11.6 Å². The number of benzene rings is 2. The van der Waals surface area contributed by atoms with E-state index in [2.05, 4.69) is 4.98 Å². The zero-order valence-corrected chi connectivity index (χ0v) is 12.4. The number of hydrogen-bond donors (Lipinski definition) is 0. The van der Waals surface area contributed by atoms with Crippen molar-refractivity contribution in [2.75, 3.05) is 0 Å². The Morgan fingerprint density at radius 3 is 2.71 bits per heavy atom. The van der Waals surface area contributed by atoms with Crippen molar-refractivity contribution in [3.63, 3.8) is 0 Å². The molecule has 0 aliphatic heterocycles. The van der Waals surface area contributed by atoms with Crippen LogP contribution in [0.25, 0.3) is 10.9 Å². The van der Waals surface area contributed by atoms with E-state index >= 15 is 0 Å². The summed E-state index contributed by atoms with van der Waals surface area (Å²) in [4.78, 5) is 4.58. The number of pyridine rings is 1. The topological polar surface area (TPSA) is 12.9 Å². The molecule has 3 aromatic rings. The minimum absolute atomic E-state index is 0.263. The molecule has 3 rings (SSSR count). The average molecular weight is 322 g/mol. The third kappa shape index (κ3) is 3.17. The Labute approximate surface area is 130 Å². The highest BCUT2D eigenvalue weighted by Crippen LogP contribution is 2.30. The van der Waals surface area contributed by atoms with E-state index in [4.69, 9.17) is 11.6 Å². The highest BCUT2D eigenvalue weighted by Gasteiger charge is 2.09. The lowest BCUT2D eigenvalue weighted by Crippen LogP contribution is -1.90. The summed E-state index contributed by atoms with van der Waals surface area (Å²) < 4.78 is 26.7. The van der Waals surface area contributed by atoms with E-state index in [-0.39, 0.29) is 4.90 Å². The molecule has 106 valence electrons. The van der Waals surface area contributed by atoms with E-state index in [1.54, 1.807) is 0 Å². The standard InChI is InChI=1S/C16H10ClF2NS/c17-16-11(7-10-3-1-2-4-14(10)20-16)9-21-15-8-12(18)5-6-13(15)19/h1-8H,9H2. The van der Waals surface area contributed by atoms with Gasteiger partial charge in [-0.3, -0.25) is 0 Å². The zero-order valence-electron chi connectivity index (χ0n) is 10.8. The highest BCUT2D eigenvalue weighted by atomic mass is 35.5. The van der Waals surface area contributed by atoms with Crippen LogP contribution in [0.5, 0.6) is 0 Å². The molecule has 1 heterocycles.